The van der Waals surface area contributed by atoms with Gasteiger partial charge < -0.3 is 101 Å². The molecule has 15 N–H and O–H groups in total. The summed E-state index contributed by atoms with van der Waals surface area (Å²) in [7, 11) is 6.50. The first-order chi connectivity index (χ1) is 62.5. The second kappa shape index (κ2) is 57.7. The fraction of sp³-hybridized carbons (Fsp3) is 0.895. The van der Waals surface area contributed by atoms with Gasteiger partial charge >= 0.3 is 5.97 Å². The minimum atomic E-state index is -3.06. The van der Waals surface area contributed by atoms with Gasteiger partial charge in [0.1, 0.15) is 5.72 Å². The smallest absolute Gasteiger partial charge is 0.309 e. The van der Waals surface area contributed by atoms with Crippen LogP contribution in [0.15, 0.2) is 30.3 Å². The van der Waals surface area contributed by atoms with Crippen molar-refractivity contribution in [2.75, 3.05) is 92.0 Å². The number of carbonyl (C=O) groups excluding carboxylic acids is 1. The number of aldehydes is 1. The van der Waals surface area contributed by atoms with Crippen LogP contribution in [0.1, 0.15) is 279 Å². The van der Waals surface area contributed by atoms with Crippen LogP contribution < -0.4 is 58.1 Å². The van der Waals surface area contributed by atoms with Gasteiger partial charge in [0.25, 0.3) is 0 Å². The van der Waals surface area contributed by atoms with Crippen LogP contribution in [-0.2, 0) is 91.8 Å². The zero-order valence-corrected chi connectivity index (χ0v) is 107. The van der Waals surface area contributed by atoms with E-state index in [2.05, 4.69) is 298 Å². The Hall–Kier alpha value is 4.64. The third-order valence-electron chi connectivity index (χ3n) is 37.2. The number of nitrogens with one attached hydrogen (secondary N) is 9. The van der Waals surface area contributed by atoms with E-state index in [0.717, 1.165) is 173 Å². The molecule has 31 heteroatoms. The molecule has 29 rings (SSSR count). The van der Waals surface area contributed by atoms with Gasteiger partial charge in [-0.1, -0.05) is 187 Å². The number of carboxylic acids is 1. The Morgan fingerprint density at radius 3 is 0.993 bits per heavy atom. The fourth-order valence-electron chi connectivity index (χ4n) is 35.1. The predicted octanol–water partition coefficient (Wildman–Crippen LogP) is 21.2. The summed E-state index contributed by atoms with van der Waals surface area (Å²) in [6, 6.07) is 15.5. The van der Waals surface area contributed by atoms with Crippen LogP contribution in [0.2, 0.25) is 0 Å². The first kappa shape index (κ1) is 129. The van der Waals surface area contributed by atoms with Gasteiger partial charge in [0, 0.05) is 136 Å². The van der Waals surface area contributed by atoms with Crippen molar-refractivity contribution in [3.63, 3.8) is 0 Å². The van der Waals surface area contributed by atoms with Gasteiger partial charge in [-0.2, -0.15) is 13.8 Å². The Morgan fingerprint density at radius 2 is 0.721 bits per heavy atom. The molecule has 1 aromatic carbocycles. The number of hydrogen-bond donors (Lipinski definition) is 13. The summed E-state index contributed by atoms with van der Waals surface area (Å²) in [4.78, 5) is 22.7. The number of carboxylic acid groups (broad SMARTS) is 1. The van der Waals surface area contributed by atoms with Crippen molar-refractivity contribution in [2.24, 2.45) is 174 Å². The summed E-state index contributed by atoms with van der Waals surface area (Å²) < 4.78 is 55.0. The van der Waals surface area contributed by atoms with Crippen molar-refractivity contribution >= 4 is 190 Å². The zero-order valence-electron chi connectivity index (χ0n) is 86.0. The van der Waals surface area contributed by atoms with E-state index < -0.39 is 26.0 Å². The zero-order chi connectivity index (χ0) is 96.9. The Morgan fingerprint density at radius 1 is 0.485 bits per heavy atom. The van der Waals surface area contributed by atoms with E-state index in [1.807, 2.05) is 32.2 Å². The number of nitrogens with two attached hydrogens (primary N) is 2. The Bertz CT molecular complexity index is 3770. The first-order valence-electron chi connectivity index (χ1n) is 52.0. The van der Waals surface area contributed by atoms with E-state index in [-0.39, 0.29) is 84.8 Å². The van der Waals surface area contributed by atoms with Crippen molar-refractivity contribution in [1.29, 1.82) is 0 Å². The summed E-state index contributed by atoms with van der Waals surface area (Å²) in [5, 5.41) is 43.8. The number of aliphatic carboxylic acids is 1. The van der Waals surface area contributed by atoms with Crippen LogP contribution in [0.3, 0.4) is 0 Å². The van der Waals surface area contributed by atoms with Gasteiger partial charge in [0.15, 0.2) is 0 Å². The molecule has 14 atom stereocenters. The van der Waals surface area contributed by atoms with Crippen molar-refractivity contribution in [3.8, 4) is 0 Å². The first-order valence-corrected chi connectivity index (χ1v) is 64.3. The standard InChI is InChI=1S/C19H28N2.C13H24N2O2S.C12H22N2O2S.C12H22N2.C12H19NO2.C12H21NO.C12H19NO.C2H3I3.C2H4I2.C2H5I.C2H4I.C2H6.C2H5.CH3.3V/c1-20-18-16-7-15-8-17(18)11-19(9-15,10-16)13-21-12-14-5-3-2-4-6-14;1-14-12-10-3-9-4-11(12)7-13(5-9,6-10)8-15-18(2,16)17;1-17(15,16)14-7-12-4-8-2-9(5-12)11(13)10(3-8)6-12;1-14-11-9-2-8-3-10(11)6-12(4-8,5-9)7-13;1-13-10-8-2-7-3-9(10)6-12(4-7,5-8)11(14)15;2*1-13-11-9-2-8-3-10(11)6-12(4-8,5-9)7-14;1-2(3,4)5;1-2(3)4;2*1-2-3;2*1-2;;;;/h2-6,15-18,20-21H,7-13H2,1H3;9-12,14-15H,3-8H2,1-2H3;8-11,14H,2-7,13H2,1H3;8-11,14H,2-7,13H2,1H3;7-10,13H,2-6H2,1H3,(H,14,15);8-11,13-14H,2-7H2,1H3;7-11,13H,2-6H2,1H3;1H3;2H,1H3;2H2,1H3;2H,1H3;1-2H3;1H2,2H3;1H3;;;/q;;;;;;;;;;-1;;2*-1;;;. The second-order valence-corrected chi connectivity index (χ2v) is 72.0. The molecule has 3 radical (unpaired) electrons. The predicted molar refractivity (Wildman–Crippen MR) is 616 cm³/mol. The van der Waals surface area contributed by atoms with E-state index in [1.165, 1.54) is 215 Å². The second-order valence-electron chi connectivity index (χ2n) is 46.7. The summed E-state index contributed by atoms with van der Waals surface area (Å²) in [6.45, 7) is 22.3. The summed E-state index contributed by atoms with van der Waals surface area (Å²) in [6.07, 6.45) is 49.0. The molecule has 28 aliphatic carbocycles. The van der Waals surface area contributed by atoms with Gasteiger partial charge in [0.05, 0.1) is 19.9 Å². The van der Waals surface area contributed by atoms with Crippen molar-refractivity contribution < 1.29 is 92.3 Å². The summed E-state index contributed by atoms with van der Waals surface area (Å²) in [5.41, 5.74) is 15.4. The Labute approximate surface area is 960 Å². The van der Waals surface area contributed by atoms with E-state index >= 15 is 0 Å². The number of hydrogen-bond acceptors (Lipinski definition) is 16. The van der Waals surface area contributed by atoms with Gasteiger partial charge in [-0.05, 0) is 449 Å². The number of rotatable bonds is 20. The number of carbonyl (C=O) groups is 2. The van der Waals surface area contributed by atoms with Crippen LogP contribution >= 0.6 is 158 Å². The van der Waals surface area contributed by atoms with E-state index in [9.17, 15) is 36.6 Å². The molecule has 14 unspecified atom stereocenters. The van der Waals surface area contributed by atoms with Crippen molar-refractivity contribution in [2.45, 2.75) is 323 Å². The maximum atomic E-state index is 11.4. The van der Waals surface area contributed by atoms with Crippen molar-refractivity contribution in [3.05, 3.63) is 54.7 Å². The van der Waals surface area contributed by atoms with Crippen LogP contribution in [0.25, 0.3) is 0 Å². The molecule has 1 aromatic rings. The number of aliphatic hydroxyl groups excluding tert-OH is 1. The molecular weight excluding hydrogens is 2650 g/mol. The Balaban J connectivity index is 0.000000236. The molecule has 0 amide bonds. The number of alkyl halides is 6. The SMILES string of the molecule is CC.CC(I)(I)I.CC(I)I.CCI.CNC1C2CC3CC1CC(C(=O)O)(C3)C2.CNC1C2CC3CC1CC(C=O)(C3)C2.CNC1C2CC3CC1CC(CN)(C3)C2.CNC1C2CC3CC1CC(CNCc1ccccc1)(C3)C2.CNC1C2CC3CC1CC(CNS(C)(=O)=O)(C3)C2.CNC1C2CC3CC1CC(CO)(C3)C2.CS(=O)(=O)NCC12CC3CC(C1)C(N)C(C3)C2.C[CH-]I.[CH2-]C.[CH3-].[V].[V].[V]. The number of sulfonamides is 2. The van der Waals surface area contributed by atoms with E-state index in [1.54, 1.807) is 6.92 Å². The van der Waals surface area contributed by atoms with Crippen LogP contribution in [-0.4, -0.2) is 175 Å². The molecule has 0 saturated heterocycles. The molecular formula is C105H185I7N11O8S2V3-3. The van der Waals surface area contributed by atoms with Gasteiger partial charge in [-0.15, -0.1) is 0 Å². The monoisotopic (exact) mass is 2830 g/mol. The minimum Gasteiger partial charge on any atom is -0.481 e. The molecule has 28 saturated carbocycles. The largest absolute Gasteiger partial charge is 0.481 e. The molecule has 28 bridgehead atoms. The number of benzene rings is 1. The average Bonchev–Trinajstić information content (AvgIpc) is 0.702. The van der Waals surface area contributed by atoms with Crippen LogP contribution in [0.5, 0.6) is 0 Å². The molecule has 28 fully saturated rings. The van der Waals surface area contributed by atoms with Crippen LogP contribution in [0, 0.1) is 181 Å². The molecule has 28 aliphatic rings. The molecule has 0 spiro atoms. The maximum absolute atomic E-state index is 11.4. The van der Waals surface area contributed by atoms with Crippen LogP contribution in [0.4, 0.5) is 0 Å². The third kappa shape index (κ3) is 34.1. The third-order valence-corrected chi connectivity index (χ3v) is 38.6. The molecule has 19 nitrogen and oxygen atoms in total. The number of aliphatic hydroxyl groups is 1. The van der Waals surface area contributed by atoms with Gasteiger partial charge in [-0.3, -0.25) is 9.22 Å². The molecule has 787 valence electrons. The number of halogens is 7. The molecule has 0 aliphatic heterocycles. The summed E-state index contributed by atoms with van der Waals surface area (Å²) in [5.74, 6) is 16.8. The Kier molecular flexibility index (Phi) is 54.9. The molecule has 0 aromatic heterocycles. The van der Waals surface area contributed by atoms with Crippen molar-refractivity contribution in [1.82, 2.24) is 46.7 Å². The minimum absolute atomic E-state index is 0. The molecule has 136 heavy (non-hydrogen) atoms. The topological polar surface area (TPSA) is 303 Å². The van der Waals surface area contributed by atoms with E-state index in [0.29, 0.717) is 89.1 Å². The average molecular weight is 2830 g/mol. The van der Waals surface area contributed by atoms with Gasteiger partial charge in [-0.25, -0.2) is 26.3 Å². The fourth-order valence-corrected chi connectivity index (χ4v) is 36.2. The quantitative estimate of drug-likeness (QED) is 0.0250. The molecule has 0 heterocycles. The maximum Gasteiger partial charge on any atom is 0.309 e. The summed E-state index contributed by atoms with van der Waals surface area (Å²) >= 11 is 16.2. The van der Waals surface area contributed by atoms with Gasteiger partial charge in [0.2, 0.25) is 20.0 Å². The van der Waals surface area contributed by atoms with E-state index in [4.69, 9.17) is 11.5 Å². The normalized spacial score (nSPS) is 42.3.